The molecule has 7 nitrogen and oxygen atoms in total. The van der Waals surface area contributed by atoms with Crippen LogP contribution in [0.3, 0.4) is 0 Å². The number of aromatic nitrogens is 4. The molecule has 3 N–H and O–H groups in total. The molecule has 0 bridgehead atoms. The Labute approximate surface area is 95.4 Å². The number of aryl methyl sites for hydroxylation is 1. The number of amides is 1. The molecule has 84 valence electrons. The summed E-state index contributed by atoms with van der Waals surface area (Å²) < 4.78 is 5.16. The molecule has 0 saturated heterocycles. The number of rotatable bonds is 3. The Hall–Kier alpha value is -1.96. The van der Waals surface area contributed by atoms with Gasteiger partial charge in [0.25, 0.3) is 5.91 Å². The van der Waals surface area contributed by atoms with Crippen molar-refractivity contribution < 1.29 is 4.79 Å². The predicted molar refractivity (Wildman–Crippen MR) is 58.7 cm³/mol. The van der Waals surface area contributed by atoms with Crippen molar-refractivity contribution in [2.24, 2.45) is 7.05 Å². The average molecular weight is 238 g/mol. The van der Waals surface area contributed by atoms with E-state index in [1.165, 1.54) is 6.20 Å². The molecule has 2 rings (SSSR count). The minimum atomic E-state index is -0.210. The number of hydrogen-bond donors (Lipinski definition) is 2. The van der Waals surface area contributed by atoms with Crippen molar-refractivity contribution >= 4 is 23.3 Å². The van der Waals surface area contributed by atoms with Crippen LogP contribution in [0.25, 0.3) is 0 Å². The molecule has 2 aromatic heterocycles. The van der Waals surface area contributed by atoms with Gasteiger partial charge in [0, 0.05) is 19.2 Å². The van der Waals surface area contributed by atoms with Crippen molar-refractivity contribution in [3.8, 4) is 0 Å². The third-order valence-corrected chi connectivity index (χ3v) is 2.75. The maximum absolute atomic E-state index is 11.5. The van der Waals surface area contributed by atoms with E-state index in [4.69, 9.17) is 5.73 Å². The maximum Gasteiger partial charge on any atom is 0.264 e. The van der Waals surface area contributed by atoms with E-state index in [9.17, 15) is 4.79 Å². The van der Waals surface area contributed by atoms with Crippen LogP contribution in [0.15, 0.2) is 12.4 Å². The highest BCUT2D eigenvalue weighted by molar-refractivity contribution is 7.07. The molecule has 2 aromatic rings. The standard InChI is InChI=1S/C8H10N6OS/c1-14-7(9)5(3-12-14)2-10-8(15)6-4-11-13-16-6/h3-4H,2,9H2,1H3,(H,10,15). The first-order valence-corrected chi connectivity index (χ1v) is 5.27. The fourth-order valence-corrected chi connectivity index (χ4v) is 1.59. The molecule has 0 aliphatic heterocycles. The third kappa shape index (κ3) is 2.01. The molecular formula is C8H10N6OS. The lowest BCUT2D eigenvalue weighted by Gasteiger charge is -2.02. The van der Waals surface area contributed by atoms with Crippen LogP contribution >= 0.6 is 11.5 Å². The van der Waals surface area contributed by atoms with Crippen LogP contribution in [0, 0.1) is 0 Å². The summed E-state index contributed by atoms with van der Waals surface area (Å²) in [5.74, 6) is 0.334. The van der Waals surface area contributed by atoms with E-state index in [0.717, 1.165) is 17.1 Å². The summed E-state index contributed by atoms with van der Waals surface area (Å²) in [4.78, 5) is 12.0. The number of nitrogen functional groups attached to an aromatic ring is 1. The summed E-state index contributed by atoms with van der Waals surface area (Å²) in [5, 5.41) is 10.3. The van der Waals surface area contributed by atoms with Crippen LogP contribution in [0.4, 0.5) is 5.82 Å². The second-order valence-corrected chi connectivity index (χ2v) is 3.93. The summed E-state index contributed by atoms with van der Waals surface area (Å²) >= 11 is 1.05. The first-order chi connectivity index (χ1) is 7.68. The molecule has 0 aromatic carbocycles. The average Bonchev–Trinajstić information content (AvgIpc) is 2.89. The Morgan fingerprint density at radius 1 is 1.62 bits per heavy atom. The molecule has 0 fully saturated rings. The van der Waals surface area contributed by atoms with E-state index in [-0.39, 0.29) is 5.91 Å². The molecule has 0 atom stereocenters. The van der Waals surface area contributed by atoms with Crippen LogP contribution in [-0.2, 0) is 13.6 Å². The van der Waals surface area contributed by atoms with E-state index in [2.05, 4.69) is 20.0 Å². The number of carbonyl (C=O) groups is 1. The van der Waals surface area contributed by atoms with Crippen molar-refractivity contribution in [1.29, 1.82) is 0 Å². The van der Waals surface area contributed by atoms with Gasteiger partial charge >= 0.3 is 0 Å². The van der Waals surface area contributed by atoms with Gasteiger partial charge in [0.1, 0.15) is 10.7 Å². The van der Waals surface area contributed by atoms with Gasteiger partial charge in [0.2, 0.25) is 0 Å². The van der Waals surface area contributed by atoms with E-state index >= 15 is 0 Å². The smallest absolute Gasteiger partial charge is 0.264 e. The van der Waals surface area contributed by atoms with Gasteiger partial charge in [-0.05, 0) is 11.5 Å². The molecule has 0 radical (unpaired) electrons. The Balaban J connectivity index is 1.98. The molecule has 8 heteroatoms. The summed E-state index contributed by atoms with van der Waals surface area (Å²) in [6.07, 6.45) is 3.05. The van der Waals surface area contributed by atoms with E-state index < -0.39 is 0 Å². The number of carbonyl (C=O) groups excluding carboxylic acids is 1. The van der Waals surface area contributed by atoms with E-state index in [1.54, 1.807) is 17.9 Å². The predicted octanol–water partition coefficient (Wildman–Crippen LogP) is -0.216. The van der Waals surface area contributed by atoms with Crippen molar-refractivity contribution in [3.05, 3.63) is 22.8 Å². The van der Waals surface area contributed by atoms with Crippen molar-refractivity contribution in [3.63, 3.8) is 0 Å². The summed E-state index contributed by atoms with van der Waals surface area (Å²) in [6, 6.07) is 0. The molecule has 2 heterocycles. The number of nitrogens with zero attached hydrogens (tertiary/aromatic N) is 4. The van der Waals surface area contributed by atoms with Gasteiger partial charge in [-0.25, -0.2) is 0 Å². The van der Waals surface area contributed by atoms with Crippen LogP contribution in [0.5, 0.6) is 0 Å². The normalized spacial score (nSPS) is 10.3. The molecule has 0 spiro atoms. The molecule has 0 aliphatic carbocycles. The quantitative estimate of drug-likeness (QED) is 0.770. The summed E-state index contributed by atoms with van der Waals surface area (Å²) in [7, 11) is 1.74. The first kappa shape index (κ1) is 10.6. The molecule has 1 amide bonds. The number of nitrogens with one attached hydrogen (secondary N) is 1. The zero-order valence-corrected chi connectivity index (χ0v) is 9.36. The van der Waals surface area contributed by atoms with E-state index in [1.807, 2.05) is 0 Å². The molecule has 16 heavy (non-hydrogen) atoms. The molecule has 0 unspecified atom stereocenters. The van der Waals surface area contributed by atoms with Crippen LogP contribution in [-0.4, -0.2) is 25.3 Å². The summed E-state index contributed by atoms with van der Waals surface area (Å²) in [6.45, 7) is 0.344. The number of nitrogens with two attached hydrogens (primary N) is 1. The van der Waals surface area contributed by atoms with Gasteiger partial charge < -0.3 is 11.1 Å². The topological polar surface area (TPSA) is 98.7 Å². The van der Waals surface area contributed by atoms with E-state index in [0.29, 0.717) is 17.2 Å². The Kier molecular flexibility index (Phi) is 2.82. The monoisotopic (exact) mass is 238 g/mol. The van der Waals surface area contributed by atoms with Gasteiger partial charge in [-0.1, -0.05) is 4.49 Å². The summed E-state index contributed by atoms with van der Waals surface area (Å²) in [5.41, 5.74) is 6.52. The fraction of sp³-hybridized carbons (Fsp3) is 0.250. The molecule has 0 saturated carbocycles. The van der Waals surface area contributed by atoms with Gasteiger partial charge in [0.05, 0.1) is 12.4 Å². The van der Waals surface area contributed by atoms with Crippen molar-refractivity contribution in [1.82, 2.24) is 24.7 Å². The lowest BCUT2D eigenvalue weighted by Crippen LogP contribution is -2.22. The second kappa shape index (κ2) is 4.27. The first-order valence-electron chi connectivity index (χ1n) is 4.50. The van der Waals surface area contributed by atoms with Crippen molar-refractivity contribution in [2.45, 2.75) is 6.54 Å². The minimum absolute atomic E-state index is 0.210. The lowest BCUT2D eigenvalue weighted by molar-refractivity contribution is 0.0955. The molecule has 0 aliphatic rings. The SMILES string of the molecule is Cn1ncc(CNC(=O)c2cnns2)c1N. The maximum atomic E-state index is 11.5. The second-order valence-electron chi connectivity index (χ2n) is 3.14. The number of anilines is 1. The fourth-order valence-electron chi connectivity index (χ4n) is 1.16. The van der Waals surface area contributed by atoms with Gasteiger partial charge in [-0.3, -0.25) is 9.48 Å². The Bertz CT molecular complexity index is 491. The Morgan fingerprint density at radius 3 is 3.00 bits per heavy atom. The highest BCUT2D eigenvalue weighted by Crippen LogP contribution is 2.09. The van der Waals surface area contributed by atoms with Crippen molar-refractivity contribution in [2.75, 3.05) is 5.73 Å². The lowest BCUT2D eigenvalue weighted by atomic mass is 10.3. The van der Waals surface area contributed by atoms with Gasteiger partial charge in [-0.15, -0.1) is 5.10 Å². The largest absolute Gasteiger partial charge is 0.384 e. The van der Waals surface area contributed by atoms with Gasteiger partial charge in [-0.2, -0.15) is 5.10 Å². The van der Waals surface area contributed by atoms with Gasteiger partial charge in [0.15, 0.2) is 0 Å². The zero-order chi connectivity index (χ0) is 11.5. The number of hydrogen-bond acceptors (Lipinski definition) is 6. The van der Waals surface area contributed by atoms with Crippen LogP contribution in [0.2, 0.25) is 0 Å². The van der Waals surface area contributed by atoms with Crippen LogP contribution in [0.1, 0.15) is 15.2 Å². The van der Waals surface area contributed by atoms with Crippen LogP contribution < -0.4 is 11.1 Å². The highest BCUT2D eigenvalue weighted by Gasteiger charge is 2.10. The minimum Gasteiger partial charge on any atom is -0.384 e. The zero-order valence-electron chi connectivity index (χ0n) is 8.54. The third-order valence-electron chi connectivity index (χ3n) is 2.09. The molecular weight excluding hydrogens is 228 g/mol. The highest BCUT2D eigenvalue weighted by atomic mass is 32.1. The Morgan fingerprint density at radius 2 is 2.44 bits per heavy atom.